The maximum atomic E-state index is 7.24. The molecule has 3 aliphatic rings. The third-order valence-electron chi connectivity index (χ3n) is 7.61. The first-order valence-electron chi connectivity index (χ1n) is 10.7. The fourth-order valence-corrected chi connectivity index (χ4v) is 22.2. The normalized spacial score (nSPS) is 36.0. The molecule has 4 unspecified atom stereocenters. The zero-order valence-electron chi connectivity index (χ0n) is 17.9. The van der Waals surface area contributed by atoms with E-state index in [4.69, 9.17) is 17.2 Å². The maximum absolute atomic E-state index is 7.24. The van der Waals surface area contributed by atoms with Crippen LogP contribution in [-0.4, -0.2) is 13.6 Å². The van der Waals surface area contributed by atoms with Gasteiger partial charge in [-0.3, -0.25) is 0 Å². The first-order valence-corrected chi connectivity index (χ1v) is 23.9. The zero-order valence-corrected chi connectivity index (χ0v) is 24.0. The monoisotopic (exact) mass is 589 g/mol. The second-order valence-corrected chi connectivity index (χ2v) is 24.2. The van der Waals surface area contributed by atoms with Gasteiger partial charge in [0.1, 0.15) is 0 Å². The van der Waals surface area contributed by atoms with E-state index in [2.05, 4.69) is 59.0 Å². The fraction of sp³-hybridized carbons (Fsp3) is 0.696. The summed E-state index contributed by atoms with van der Waals surface area (Å²) in [5.74, 6) is 1.40. The Labute approximate surface area is 183 Å². The molecular weight excluding hydrogens is 554 g/mol. The summed E-state index contributed by atoms with van der Waals surface area (Å²) in [7, 11) is 13.9. The molecule has 0 aliphatic heterocycles. The molecule has 27 heavy (non-hydrogen) atoms. The van der Waals surface area contributed by atoms with Crippen LogP contribution >= 0.6 is 17.2 Å². The van der Waals surface area contributed by atoms with Gasteiger partial charge in [-0.05, 0) is 0 Å². The Kier molecular flexibility index (Phi) is 7.05. The van der Waals surface area contributed by atoms with Crippen molar-refractivity contribution < 1.29 is 19.1 Å². The zero-order chi connectivity index (χ0) is 20.0. The predicted octanol–water partition coefficient (Wildman–Crippen LogP) is 8.04. The first kappa shape index (κ1) is 22.4. The van der Waals surface area contributed by atoms with Gasteiger partial charge in [0, 0.05) is 0 Å². The molecular formula is C23H35Cl2HfSi. The number of halogens is 2. The Morgan fingerprint density at radius 2 is 1.96 bits per heavy atom. The van der Waals surface area contributed by atoms with E-state index in [1.165, 1.54) is 32.1 Å². The van der Waals surface area contributed by atoms with E-state index < -0.39 is 27.5 Å². The standard InChI is InChI=1S/C23H35Si.2ClH.Hf/c1-7-15-23(4)21(18-12-8-9-13-18)19-14-10-11-16(2)17(3)20(19)22(23)24(5)6;;;/h8-9,12,16-17H,7,10-11,13-15H2,1-6H3;2*1H;/q;;;+2/p-2. The molecule has 0 saturated heterocycles. The summed E-state index contributed by atoms with van der Waals surface area (Å²) in [5.41, 5.74) is 5.14. The average molecular weight is 589 g/mol. The molecule has 0 spiro atoms. The van der Waals surface area contributed by atoms with Crippen molar-refractivity contribution >= 4 is 30.7 Å². The van der Waals surface area contributed by atoms with Crippen LogP contribution in [0, 0.1) is 17.3 Å². The van der Waals surface area contributed by atoms with Crippen LogP contribution in [-0.2, 0) is 19.1 Å². The van der Waals surface area contributed by atoms with E-state index in [1.807, 2.05) is 5.17 Å². The van der Waals surface area contributed by atoms with Gasteiger partial charge in [0.2, 0.25) is 0 Å². The molecule has 4 heteroatoms. The van der Waals surface area contributed by atoms with Crippen LogP contribution in [0.5, 0.6) is 0 Å². The molecule has 0 aromatic heterocycles. The number of allylic oxidation sites excluding steroid dienone is 6. The van der Waals surface area contributed by atoms with Crippen LogP contribution in [0.15, 0.2) is 34.9 Å². The van der Waals surface area contributed by atoms with E-state index in [-0.39, 0.29) is 8.59 Å². The Bertz CT molecular complexity index is 729. The van der Waals surface area contributed by atoms with Gasteiger partial charge in [-0.25, -0.2) is 0 Å². The van der Waals surface area contributed by atoms with Crippen molar-refractivity contribution in [3.63, 3.8) is 0 Å². The summed E-state index contributed by atoms with van der Waals surface area (Å²) in [5, 5.41) is 1.81. The van der Waals surface area contributed by atoms with Crippen molar-refractivity contribution in [3.8, 4) is 0 Å². The van der Waals surface area contributed by atoms with Crippen molar-refractivity contribution in [3.05, 3.63) is 34.9 Å². The molecule has 4 atom stereocenters. The van der Waals surface area contributed by atoms with Crippen LogP contribution in [0.4, 0.5) is 0 Å². The molecule has 149 valence electrons. The van der Waals surface area contributed by atoms with Gasteiger partial charge in [0.05, 0.1) is 0 Å². The van der Waals surface area contributed by atoms with Gasteiger partial charge in [0.25, 0.3) is 0 Å². The predicted molar refractivity (Wildman–Crippen MR) is 121 cm³/mol. The first-order chi connectivity index (χ1) is 12.7. The third-order valence-corrected chi connectivity index (χ3v) is 20.3. The Morgan fingerprint density at radius 3 is 2.48 bits per heavy atom. The van der Waals surface area contributed by atoms with E-state index in [9.17, 15) is 0 Å². The van der Waals surface area contributed by atoms with E-state index in [0.717, 1.165) is 12.3 Å². The summed E-state index contributed by atoms with van der Waals surface area (Å²) in [6, 6.07) is 0. The number of hydrogen-bond donors (Lipinski definition) is 0. The minimum absolute atomic E-state index is 0.00872. The molecule has 0 amide bonds. The quantitative estimate of drug-likeness (QED) is 0.292. The third kappa shape index (κ3) is 3.28. The summed E-state index contributed by atoms with van der Waals surface area (Å²) < 4.78 is -0.00872. The second-order valence-electron chi connectivity index (χ2n) is 9.34. The Hall–Kier alpha value is 0.757. The SMILES string of the molecule is CCCC1(C)C(=[Si](C)C)C2=C(CCCC(C)C2C)[C]1(C1=CC=CC1)[Hf]([Cl])[Cl]. The van der Waals surface area contributed by atoms with Crippen molar-refractivity contribution in [1.29, 1.82) is 0 Å². The minimum atomic E-state index is -2.91. The molecule has 0 aromatic rings. The fourth-order valence-electron chi connectivity index (χ4n) is 6.48. The van der Waals surface area contributed by atoms with Crippen LogP contribution in [0.3, 0.4) is 0 Å². The van der Waals surface area contributed by atoms with Crippen molar-refractivity contribution in [2.24, 2.45) is 17.3 Å². The van der Waals surface area contributed by atoms with E-state index >= 15 is 0 Å². The van der Waals surface area contributed by atoms with Gasteiger partial charge < -0.3 is 0 Å². The van der Waals surface area contributed by atoms with Crippen LogP contribution in [0.25, 0.3) is 0 Å². The molecule has 0 radical (unpaired) electrons. The Balaban J connectivity index is 2.40. The van der Waals surface area contributed by atoms with Gasteiger partial charge in [-0.15, -0.1) is 0 Å². The molecule has 0 fully saturated rings. The molecule has 0 N–H and O–H groups in total. The molecule has 0 nitrogen and oxygen atoms in total. The molecule has 3 rings (SSSR count). The Morgan fingerprint density at radius 1 is 1.26 bits per heavy atom. The van der Waals surface area contributed by atoms with Crippen molar-refractivity contribution in [1.82, 2.24) is 0 Å². The summed E-state index contributed by atoms with van der Waals surface area (Å²) in [6.07, 6.45) is 14.3. The second kappa shape index (κ2) is 8.48. The van der Waals surface area contributed by atoms with E-state index in [0.29, 0.717) is 5.92 Å². The topological polar surface area (TPSA) is 0 Å². The average Bonchev–Trinajstić information content (AvgIpc) is 3.14. The number of rotatable bonds is 4. The van der Waals surface area contributed by atoms with Crippen molar-refractivity contribution in [2.45, 2.75) is 82.5 Å². The molecule has 0 bridgehead atoms. The van der Waals surface area contributed by atoms with Gasteiger partial charge in [0.15, 0.2) is 0 Å². The van der Waals surface area contributed by atoms with Crippen LogP contribution in [0.1, 0.15) is 66.2 Å². The van der Waals surface area contributed by atoms with E-state index in [1.54, 1.807) is 16.7 Å². The summed E-state index contributed by atoms with van der Waals surface area (Å²) in [4.78, 5) is 0. The van der Waals surface area contributed by atoms with Crippen molar-refractivity contribution in [2.75, 3.05) is 0 Å². The van der Waals surface area contributed by atoms with Gasteiger partial charge in [-0.1, -0.05) is 0 Å². The van der Waals surface area contributed by atoms with Gasteiger partial charge >= 0.3 is 184 Å². The van der Waals surface area contributed by atoms with Crippen LogP contribution in [0.2, 0.25) is 16.3 Å². The van der Waals surface area contributed by atoms with Gasteiger partial charge in [-0.2, -0.15) is 0 Å². The van der Waals surface area contributed by atoms with Crippen LogP contribution < -0.4 is 0 Å². The molecule has 3 aliphatic carbocycles. The molecule has 0 saturated carbocycles. The molecule has 0 heterocycles. The molecule has 0 aromatic carbocycles. The number of hydrogen-bond acceptors (Lipinski definition) is 0. The summed E-state index contributed by atoms with van der Waals surface area (Å²) in [6.45, 7) is 14.9. The summed E-state index contributed by atoms with van der Waals surface area (Å²) >= 11 is -2.91.